The van der Waals surface area contributed by atoms with Gasteiger partial charge in [-0.3, -0.25) is 4.79 Å². The Morgan fingerprint density at radius 3 is 2.21 bits per heavy atom. The van der Waals surface area contributed by atoms with Crippen molar-refractivity contribution in [3.63, 3.8) is 0 Å². The zero-order valence-electron chi connectivity index (χ0n) is 13.2. The largest absolute Gasteiger partial charge is 0.313 e. The molecule has 1 N–H and O–H groups in total. The van der Waals surface area contributed by atoms with Crippen LogP contribution in [-0.4, -0.2) is 19.9 Å². The molecule has 24 heavy (non-hydrogen) atoms. The van der Waals surface area contributed by atoms with Crippen molar-refractivity contribution in [2.24, 2.45) is 0 Å². The number of hydrogen-bond acceptors (Lipinski definition) is 6. The average molecular weight is 379 g/mol. The van der Waals surface area contributed by atoms with Gasteiger partial charge in [0.1, 0.15) is 21.1 Å². The van der Waals surface area contributed by atoms with Crippen LogP contribution in [0, 0.1) is 0 Å². The zero-order chi connectivity index (χ0) is 17.1. The van der Waals surface area contributed by atoms with E-state index < -0.39 is 0 Å². The Morgan fingerprint density at radius 1 is 1.00 bits per heavy atom. The van der Waals surface area contributed by atoms with Crippen molar-refractivity contribution in [3.8, 4) is 0 Å². The number of aromatic nitrogens is 4. The van der Waals surface area contributed by atoms with E-state index in [-0.39, 0.29) is 5.56 Å². The van der Waals surface area contributed by atoms with Crippen molar-refractivity contribution in [1.29, 1.82) is 0 Å². The molecule has 4 aromatic rings. The molecule has 0 fully saturated rings. The average Bonchev–Trinajstić information content (AvgIpc) is 3.20. The molecular weight excluding hydrogens is 364 g/mol. The van der Waals surface area contributed by atoms with Gasteiger partial charge in [-0.05, 0) is 25.0 Å². The van der Waals surface area contributed by atoms with Crippen molar-refractivity contribution in [2.75, 3.05) is 0 Å². The van der Waals surface area contributed by atoms with Crippen molar-refractivity contribution < 1.29 is 0 Å². The lowest BCUT2D eigenvalue weighted by Crippen LogP contribution is -2.03. The van der Waals surface area contributed by atoms with Crippen LogP contribution in [0.25, 0.3) is 20.4 Å². The summed E-state index contributed by atoms with van der Waals surface area (Å²) in [6, 6.07) is 3.97. The van der Waals surface area contributed by atoms with Crippen LogP contribution in [0.15, 0.2) is 29.6 Å². The molecule has 8 heteroatoms. The lowest BCUT2D eigenvalue weighted by Gasteiger charge is -1.87. The SMILES string of the molecule is CCc1cc2c(=O)[nH]cnc2s1.CCc1cc2c(Cl)ncnc2s1. The highest BCUT2D eigenvalue weighted by molar-refractivity contribution is 7.19. The summed E-state index contributed by atoms with van der Waals surface area (Å²) in [5, 5.41) is 2.23. The van der Waals surface area contributed by atoms with Gasteiger partial charge in [0.05, 0.1) is 11.7 Å². The van der Waals surface area contributed by atoms with E-state index in [2.05, 4.69) is 39.8 Å². The molecule has 0 unspecified atom stereocenters. The number of nitrogens with zero attached hydrogens (tertiary/aromatic N) is 3. The number of fused-ring (bicyclic) bond motifs is 2. The van der Waals surface area contributed by atoms with Gasteiger partial charge in [0.15, 0.2) is 0 Å². The van der Waals surface area contributed by atoms with Gasteiger partial charge in [0.25, 0.3) is 5.56 Å². The minimum atomic E-state index is -0.0454. The second kappa shape index (κ2) is 7.38. The van der Waals surface area contributed by atoms with Crippen molar-refractivity contribution >= 4 is 54.7 Å². The zero-order valence-corrected chi connectivity index (χ0v) is 15.6. The van der Waals surface area contributed by atoms with Crippen LogP contribution in [0.2, 0.25) is 5.15 Å². The summed E-state index contributed by atoms with van der Waals surface area (Å²) in [6.07, 6.45) is 4.93. The lowest BCUT2D eigenvalue weighted by atomic mass is 10.3. The number of aryl methyl sites for hydroxylation is 2. The van der Waals surface area contributed by atoms with Crippen LogP contribution >= 0.6 is 34.3 Å². The van der Waals surface area contributed by atoms with Gasteiger partial charge in [-0.2, -0.15) is 0 Å². The molecule has 0 atom stereocenters. The van der Waals surface area contributed by atoms with Crippen LogP contribution in [0.1, 0.15) is 23.6 Å². The minimum absolute atomic E-state index is 0.0454. The Bertz CT molecular complexity index is 1040. The molecule has 0 bridgehead atoms. The highest BCUT2D eigenvalue weighted by atomic mass is 35.5. The first-order valence-corrected chi connectivity index (χ1v) is 9.48. The molecule has 4 rings (SSSR count). The van der Waals surface area contributed by atoms with Gasteiger partial charge in [-0.25, -0.2) is 15.0 Å². The summed E-state index contributed by atoms with van der Waals surface area (Å²) in [5.74, 6) is 0. The van der Waals surface area contributed by atoms with Gasteiger partial charge in [0, 0.05) is 15.1 Å². The fourth-order valence-electron chi connectivity index (χ4n) is 2.14. The van der Waals surface area contributed by atoms with E-state index in [0.717, 1.165) is 27.9 Å². The Hall–Kier alpha value is -1.83. The van der Waals surface area contributed by atoms with Gasteiger partial charge in [-0.15, -0.1) is 22.7 Å². The van der Waals surface area contributed by atoms with Gasteiger partial charge in [-0.1, -0.05) is 25.4 Å². The van der Waals surface area contributed by atoms with Crippen molar-refractivity contribution in [3.05, 3.63) is 50.0 Å². The Morgan fingerprint density at radius 2 is 1.62 bits per heavy atom. The second-order valence-corrected chi connectivity index (χ2v) is 7.55. The van der Waals surface area contributed by atoms with E-state index in [0.29, 0.717) is 10.5 Å². The first kappa shape index (κ1) is 17.0. The monoisotopic (exact) mass is 378 g/mol. The molecule has 5 nitrogen and oxygen atoms in total. The van der Waals surface area contributed by atoms with E-state index in [1.165, 1.54) is 22.4 Å². The number of aromatic amines is 1. The topological polar surface area (TPSA) is 71.5 Å². The van der Waals surface area contributed by atoms with Crippen molar-refractivity contribution in [1.82, 2.24) is 19.9 Å². The Kier molecular flexibility index (Phi) is 5.23. The maximum Gasteiger partial charge on any atom is 0.259 e. The quantitative estimate of drug-likeness (QED) is 0.523. The van der Waals surface area contributed by atoms with E-state index in [1.807, 2.05) is 6.07 Å². The van der Waals surface area contributed by atoms with Gasteiger partial charge < -0.3 is 4.98 Å². The molecule has 0 spiro atoms. The third-order valence-corrected chi connectivity index (χ3v) is 6.09. The number of nitrogens with one attached hydrogen (secondary N) is 1. The van der Waals surface area contributed by atoms with Crippen LogP contribution < -0.4 is 5.56 Å². The standard InChI is InChI=1S/C8H7ClN2S.C8H8N2OS/c1-2-5-3-6-7(9)10-4-11-8(6)12-5;1-2-5-3-6-7(11)9-4-10-8(6)12-5/h3-4H,2H2,1H3;3-4H,2H2,1H3,(H,9,10,11). The third-order valence-electron chi connectivity index (χ3n) is 3.41. The number of thiophene rings is 2. The molecule has 124 valence electrons. The van der Waals surface area contributed by atoms with E-state index in [1.54, 1.807) is 22.7 Å². The van der Waals surface area contributed by atoms with Crippen molar-refractivity contribution in [2.45, 2.75) is 26.7 Å². The number of halogens is 1. The minimum Gasteiger partial charge on any atom is -0.313 e. The lowest BCUT2D eigenvalue weighted by molar-refractivity contribution is 1.17. The highest BCUT2D eigenvalue weighted by Crippen LogP contribution is 2.27. The summed E-state index contributed by atoms with van der Waals surface area (Å²) in [6.45, 7) is 4.19. The maximum atomic E-state index is 11.2. The molecule has 0 saturated heterocycles. The van der Waals surface area contributed by atoms with Gasteiger partial charge >= 0.3 is 0 Å². The highest BCUT2D eigenvalue weighted by Gasteiger charge is 2.05. The molecule has 4 aromatic heterocycles. The summed E-state index contributed by atoms with van der Waals surface area (Å²) in [5.41, 5.74) is -0.0454. The van der Waals surface area contributed by atoms with E-state index >= 15 is 0 Å². The molecule has 0 aliphatic carbocycles. The molecule has 0 aliphatic heterocycles. The second-order valence-electron chi connectivity index (χ2n) is 4.97. The first-order valence-electron chi connectivity index (χ1n) is 7.47. The normalized spacial score (nSPS) is 10.8. The smallest absolute Gasteiger partial charge is 0.259 e. The molecule has 0 radical (unpaired) electrons. The number of H-pyrrole nitrogens is 1. The predicted octanol–water partition coefficient (Wildman–Crippen LogP) is 4.45. The molecule has 4 heterocycles. The van der Waals surface area contributed by atoms with E-state index in [4.69, 9.17) is 11.6 Å². The maximum absolute atomic E-state index is 11.2. The fraction of sp³-hybridized carbons (Fsp3) is 0.250. The first-order chi connectivity index (χ1) is 11.6. The van der Waals surface area contributed by atoms with Gasteiger partial charge in [0.2, 0.25) is 0 Å². The molecular formula is C16H15ClN4OS2. The third kappa shape index (κ3) is 3.48. The summed E-state index contributed by atoms with van der Waals surface area (Å²) in [7, 11) is 0. The molecule has 0 aliphatic rings. The number of rotatable bonds is 2. The van der Waals surface area contributed by atoms with E-state index in [9.17, 15) is 4.79 Å². The Labute approximate surface area is 151 Å². The van der Waals surface area contributed by atoms with Crippen LogP contribution in [0.3, 0.4) is 0 Å². The fourth-order valence-corrected chi connectivity index (χ4v) is 4.26. The predicted molar refractivity (Wildman–Crippen MR) is 101 cm³/mol. The number of hydrogen-bond donors (Lipinski definition) is 1. The molecule has 0 amide bonds. The molecule has 0 saturated carbocycles. The van der Waals surface area contributed by atoms with Crippen LogP contribution in [-0.2, 0) is 12.8 Å². The van der Waals surface area contributed by atoms with Crippen LogP contribution in [0.5, 0.6) is 0 Å². The summed E-state index contributed by atoms with van der Waals surface area (Å²) in [4.78, 5) is 30.2. The molecule has 0 aromatic carbocycles. The summed E-state index contributed by atoms with van der Waals surface area (Å²) < 4.78 is 0. The Balaban J connectivity index is 0.000000141. The van der Waals surface area contributed by atoms with Crippen LogP contribution in [0.4, 0.5) is 0 Å². The summed E-state index contributed by atoms with van der Waals surface area (Å²) >= 11 is 9.14.